The number of carbonyl (C=O) groups excluding carboxylic acids is 2. The van der Waals surface area contributed by atoms with E-state index in [4.69, 9.17) is 0 Å². The van der Waals surface area contributed by atoms with Crippen molar-refractivity contribution in [3.8, 4) is 0 Å². The molecule has 2 atom stereocenters. The van der Waals surface area contributed by atoms with Crippen molar-refractivity contribution in [2.24, 2.45) is 0 Å². The Labute approximate surface area is 185 Å². The Balaban J connectivity index is 1.43. The molecule has 3 aromatic heterocycles. The second kappa shape index (κ2) is 7.60. The zero-order chi connectivity index (χ0) is 23.3. The molecule has 2 aliphatic rings. The predicted octanol–water partition coefficient (Wildman–Crippen LogP) is 2.66. The summed E-state index contributed by atoms with van der Waals surface area (Å²) in [6.45, 7) is 2.13. The number of hydrogen-bond acceptors (Lipinski definition) is 6. The van der Waals surface area contributed by atoms with Crippen LogP contribution in [-0.2, 0) is 0 Å². The van der Waals surface area contributed by atoms with E-state index in [1.54, 1.807) is 18.3 Å². The van der Waals surface area contributed by atoms with Gasteiger partial charge in [0, 0.05) is 19.2 Å². The highest BCUT2D eigenvalue weighted by molar-refractivity contribution is 6.05. The molecule has 1 saturated heterocycles. The van der Waals surface area contributed by atoms with Crippen molar-refractivity contribution in [2.45, 2.75) is 31.6 Å². The highest BCUT2D eigenvalue weighted by Crippen LogP contribution is 2.39. The molecule has 0 spiro atoms. The van der Waals surface area contributed by atoms with Gasteiger partial charge in [0.15, 0.2) is 5.82 Å². The van der Waals surface area contributed by atoms with Crippen molar-refractivity contribution in [1.29, 1.82) is 0 Å². The molecule has 10 nitrogen and oxygen atoms in total. The Bertz CT molecular complexity index is 1240. The van der Waals surface area contributed by atoms with E-state index in [1.807, 2.05) is 10.2 Å². The van der Waals surface area contributed by atoms with E-state index in [0.29, 0.717) is 36.2 Å². The number of carbonyl (C=O) groups is 2. The second-order valence-corrected chi connectivity index (χ2v) is 7.95. The van der Waals surface area contributed by atoms with Crippen molar-refractivity contribution in [3.05, 3.63) is 36.4 Å². The molecule has 0 radical (unpaired) electrons. The van der Waals surface area contributed by atoms with E-state index < -0.39 is 24.2 Å². The van der Waals surface area contributed by atoms with Gasteiger partial charge in [0.2, 0.25) is 0 Å². The van der Waals surface area contributed by atoms with Crippen LogP contribution in [-0.4, -0.2) is 63.2 Å². The molecule has 33 heavy (non-hydrogen) atoms. The molecule has 0 saturated carbocycles. The molecule has 3 amide bonds. The Morgan fingerprint density at radius 3 is 2.88 bits per heavy atom. The normalized spacial score (nSPS) is 18.2. The summed E-state index contributed by atoms with van der Waals surface area (Å²) >= 11 is 0. The maximum absolute atomic E-state index is 13.2. The highest BCUT2D eigenvalue weighted by Gasteiger charge is 2.41. The number of urea groups is 1. The van der Waals surface area contributed by atoms with Crippen LogP contribution in [0.5, 0.6) is 0 Å². The molecule has 5 rings (SSSR count). The predicted molar refractivity (Wildman–Crippen MR) is 113 cm³/mol. The smallest absolute Gasteiger partial charge is 0.366 e. The number of H-pyrrole nitrogens is 1. The van der Waals surface area contributed by atoms with E-state index in [1.165, 1.54) is 17.3 Å². The minimum Gasteiger partial charge on any atom is -0.366 e. The summed E-state index contributed by atoms with van der Waals surface area (Å²) in [5, 5.41) is 4.63. The number of halogens is 3. The second-order valence-electron chi connectivity index (χ2n) is 7.95. The summed E-state index contributed by atoms with van der Waals surface area (Å²) in [7, 11) is 0. The van der Waals surface area contributed by atoms with Crippen LogP contribution >= 0.6 is 0 Å². The average Bonchev–Trinajstić information content (AvgIpc) is 3.40. The van der Waals surface area contributed by atoms with Crippen LogP contribution < -0.4 is 20.4 Å². The number of alkyl halides is 3. The molecular formula is C20H19F3N8O2. The fourth-order valence-corrected chi connectivity index (χ4v) is 4.02. The third kappa shape index (κ3) is 3.79. The third-order valence-corrected chi connectivity index (χ3v) is 5.78. The molecule has 172 valence electrons. The topological polar surface area (TPSA) is 119 Å². The largest absolute Gasteiger partial charge is 0.408 e. The number of hydrogen-bond donors (Lipinski definition) is 3. The number of rotatable bonds is 3. The first-order chi connectivity index (χ1) is 15.7. The minimum atomic E-state index is -4.58. The summed E-state index contributed by atoms with van der Waals surface area (Å²) in [5.41, 5.74) is 1.77. The lowest BCUT2D eigenvalue weighted by molar-refractivity contribution is -0.149. The molecule has 0 aliphatic carbocycles. The summed E-state index contributed by atoms with van der Waals surface area (Å²) in [5.74, 6) is -0.467. The maximum Gasteiger partial charge on any atom is 0.408 e. The summed E-state index contributed by atoms with van der Waals surface area (Å²) < 4.78 is 38.5. The van der Waals surface area contributed by atoms with Crippen molar-refractivity contribution in [1.82, 2.24) is 25.3 Å². The quantitative estimate of drug-likeness (QED) is 0.553. The molecule has 5 heterocycles. The Morgan fingerprint density at radius 2 is 2.09 bits per heavy atom. The highest BCUT2D eigenvalue weighted by atomic mass is 19.4. The van der Waals surface area contributed by atoms with Crippen LogP contribution in [0.2, 0.25) is 0 Å². The lowest BCUT2D eigenvalue weighted by Gasteiger charge is -2.35. The first-order valence-electron chi connectivity index (χ1n) is 10.2. The van der Waals surface area contributed by atoms with Crippen LogP contribution in [0.3, 0.4) is 0 Å². The average molecular weight is 460 g/mol. The van der Waals surface area contributed by atoms with Crippen molar-refractivity contribution in [2.75, 3.05) is 28.2 Å². The van der Waals surface area contributed by atoms with Gasteiger partial charge in [-0.3, -0.25) is 15.0 Å². The summed E-state index contributed by atoms with van der Waals surface area (Å²) in [6.07, 6.45) is -0.838. The van der Waals surface area contributed by atoms with Gasteiger partial charge in [0.1, 0.15) is 17.6 Å². The monoisotopic (exact) mass is 460 g/mol. The number of nitrogens with zero attached hydrogens (tertiary/aromatic N) is 5. The van der Waals surface area contributed by atoms with Gasteiger partial charge in [-0.1, -0.05) is 0 Å². The van der Waals surface area contributed by atoms with Crippen LogP contribution in [0.4, 0.5) is 35.3 Å². The van der Waals surface area contributed by atoms with Crippen LogP contribution in [0, 0.1) is 0 Å². The standard InChI is InChI=1S/C20H19F3N8O2/c1-10(20(21,22)23)27-18(32)12-2-3-15-17(28-12)31(11-4-5-30(15)8-11)19(33)29-16-6-13-14(7-24-16)26-9-25-13/h2-3,6-7,9-11H,4-5,8H2,1H3,(H,25,26)(H,27,32)(H,24,29,33)/t10-,11+/m1/s1. The SMILES string of the molecule is C[C@@H](NC(=O)c1ccc2c(n1)N(C(=O)Nc1cc3nc[nH]c3cn1)[C@H]1CCN2C1)C(F)(F)F. The van der Waals surface area contributed by atoms with Gasteiger partial charge in [-0.25, -0.2) is 19.7 Å². The van der Waals surface area contributed by atoms with Crippen LogP contribution in [0.25, 0.3) is 11.0 Å². The number of imidazole rings is 1. The first-order valence-corrected chi connectivity index (χ1v) is 10.2. The number of nitrogens with one attached hydrogen (secondary N) is 3. The number of aromatic amines is 1. The number of aromatic nitrogens is 4. The maximum atomic E-state index is 13.2. The van der Waals surface area contributed by atoms with Crippen LogP contribution in [0.1, 0.15) is 23.8 Å². The summed E-state index contributed by atoms with van der Waals surface area (Å²) in [4.78, 5) is 44.6. The molecule has 13 heteroatoms. The van der Waals surface area contributed by atoms with Gasteiger partial charge in [0.25, 0.3) is 5.91 Å². The molecule has 0 unspecified atom stereocenters. The lowest BCUT2D eigenvalue weighted by atomic mass is 10.1. The minimum absolute atomic E-state index is 0.202. The molecule has 0 aromatic carbocycles. The van der Waals surface area contributed by atoms with E-state index in [0.717, 1.165) is 6.92 Å². The Kier molecular flexibility index (Phi) is 4.83. The van der Waals surface area contributed by atoms with Gasteiger partial charge < -0.3 is 15.2 Å². The molecule has 1 fully saturated rings. The third-order valence-electron chi connectivity index (χ3n) is 5.78. The van der Waals surface area contributed by atoms with Gasteiger partial charge in [-0.2, -0.15) is 13.2 Å². The fraction of sp³-hybridized carbons (Fsp3) is 0.350. The van der Waals surface area contributed by atoms with E-state index in [2.05, 4.69) is 25.3 Å². The van der Waals surface area contributed by atoms with Gasteiger partial charge in [0.05, 0.1) is 35.3 Å². The Hall–Kier alpha value is -3.90. The van der Waals surface area contributed by atoms with E-state index in [-0.39, 0.29) is 23.4 Å². The molecule has 3 aromatic rings. The summed E-state index contributed by atoms with van der Waals surface area (Å²) in [6, 6.07) is 1.84. The number of amides is 3. The van der Waals surface area contributed by atoms with Crippen LogP contribution in [0.15, 0.2) is 30.7 Å². The van der Waals surface area contributed by atoms with Crippen molar-refractivity contribution < 1.29 is 22.8 Å². The molecule has 2 bridgehead atoms. The van der Waals surface area contributed by atoms with Gasteiger partial charge >= 0.3 is 12.2 Å². The first kappa shape index (κ1) is 21.0. The van der Waals surface area contributed by atoms with Crippen molar-refractivity contribution in [3.63, 3.8) is 0 Å². The van der Waals surface area contributed by atoms with Crippen molar-refractivity contribution >= 4 is 40.3 Å². The molecule has 3 N–H and O–H groups in total. The lowest BCUT2D eigenvalue weighted by Crippen LogP contribution is -2.49. The Morgan fingerprint density at radius 1 is 1.27 bits per heavy atom. The van der Waals surface area contributed by atoms with Gasteiger partial charge in [-0.05, 0) is 25.5 Å². The number of pyridine rings is 2. The molecular weight excluding hydrogens is 441 g/mol. The zero-order valence-corrected chi connectivity index (χ0v) is 17.3. The number of fused-ring (bicyclic) bond motifs is 5. The van der Waals surface area contributed by atoms with Gasteiger partial charge in [-0.15, -0.1) is 0 Å². The van der Waals surface area contributed by atoms with E-state index in [9.17, 15) is 22.8 Å². The van der Waals surface area contributed by atoms with E-state index >= 15 is 0 Å². The zero-order valence-electron chi connectivity index (χ0n) is 17.3. The fourth-order valence-electron chi connectivity index (χ4n) is 4.02. The molecule has 2 aliphatic heterocycles. The number of anilines is 3.